The number of hydrogen-bond acceptors (Lipinski definition) is 4. The molecule has 0 atom stereocenters. The molecule has 0 saturated heterocycles. The summed E-state index contributed by atoms with van der Waals surface area (Å²) in [5.74, 6) is 0.746. The molecular formula is C15H26N2O3S. The first-order valence-corrected chi connectivity index (χ1v) is 8.99. The first kappa shape index (κ1) is 17.9. The highest BCUT2D eigenvalue weighted by Gasteiger charge is 2.15. The largest absolute Gasteiger partial charge is 0.493 e. The Bertz CT molecular complexity index is 530. The zero-order chi connectivity index (χ0) is 15.7. The van der Waals surface area contributed by atoms with Gasteiger partial charge in [-0.05, 0) is 37.6 Å². The van der Waals surface area contributed by atoms with Crippen LogP contribution in [0.3, 0.4) is 0 Å². The number of hydrogen-bond donors (Lipinski definition) is 2. The quantitative estimate of drug-likeness (QED) is 0.650. The van der Waals surface area contributed by atoms with Crippen LogP contribution in [0, 0.1) is 0 Å². The van der Waals surface area contributed by atoms with E-state index in [1.54, 1.807) is 25.1 Å². The van der Waals surface area contributed by atoms with Crippen molar-refractivity contribution in [3.8, 4) is 5.75 Å². The van der Waals surface area contributed by atoms with Crippen molar-refractivity contribution in [2.45, 2.75) is 45.1 Å². The molecule has 1 rings (SSSR count). The number of ether oxygens (including phenoxy) is 1. The van der Waals surface area contributed by atoms with Crippen LogP contribution in [0.1, 0.15) is 39.2 Å². The number of nitrogens with one attached hydrogen (secondary N) is 2. The lowest BCUT2D eigenvalue weighted by atomic mass is 10.2. The Hall–Kier alpha value is -1.11. The van der Waals surface area contributed by atoms with Gasteiger partial charge in [0.1, 0.15) is 5.75 Å². The summed E-state index contributed by atoms with van der Waals surface area (Å²) in [6.45, 7) is 8.38. The van der Waals surface area contributed by atoms with E-state index in [-0.39, 0.29) is 4.90 Å². The van der Waals surface area contributed by atoms with E-state index in [1.165, 1.54) is 0 Å². The van der Waals surface area contributed by atoms with Gasteiger partial charge in [-0.15, -0.1) is 0 Å². The molecule has 2 N–H and O–H groups in total. The van der Waals surface area contributed by atoms with E-state index in [4.69, 9.17) is 4.74 Å². The summed E-state index contributed by atoms with van der Waals surface area (Å²) in [7, 11) is -3.43. The van der Waals surface area contributed by atoms with Gasteiger partial charge in [-0.1, -0.05) is 20.8 Å². The molecule has 0 amide bonds. The van der Waals surface area contributed by atoms with E-state index >= 15 is 0 Å². The molecule has 21 heavy (non-hydrogen) atoms. The van der Waals surface area contributed by atoms with Crippen LogP contribution in [0.25, 0.3) is 0 Å². The molecule has 0 radical (unpaired) electrons. The second-order valence-corrected chi connectivity index (χ2v) is 6.56. The van der Waals surface area contributed by atoms with Gasteiger partial charge >= 0.3 is 0 Å². The Kier molecular flexibility index (Phi) is 7.71. The first-order chi connectivity index (χ1) is 10.0. The summed E-state index contributed by atoms with van der Waals surface area (Å²) < 4.78 is 32.3. The number of benzene rings is 1. The zero-order valence-corrected chi connectivity index (χ0v) is 13.9. The lowest BCUT2D eigenvalue weighted by Crippen LogP contribution is -2.23. The number of sulfonamides is 1. The molecule has 120 valence electrons. The predicted octanol–water partition coefficient (Wildman–Crippen LogP) is 2.27. The molecular weight excluding hydrogens is 288 g/mol. The highest BCUT2D eigenvalue weighted by Crippen LogP contribution is 2.23. The van der Waals surface area contributed by atoms with Crippen LogP contribution < -0.4 is 14.8 Å². The third kappa shape index (κ3) is 5.65. The second kappa shape index (κ2) is 9.02. The third-order valence-electron chi connectivity index (χ3n) is 2.88. The predicted molar refractivity (Wildman–Crippen MR) is 85.1 cm³/mol. The maximum absolute atomic E-state index is 12.1. The molecule has 0 unspecified atom stereocenters. The van der Waals surface area contributed by atoms with E-state index < -0.39 is 10.0 Å². The van der Waals surface area contributed by atoms with Crippen molar-refractivity contribution in [1.29, 1.82) is 0 Å². The molecule has 0 aliphatic heterocycles. The van der Waals surface area contributed by atoms with Crippen molar-refractivity contribution in [3.63, 3.8) is 0 Å². The van der Waals surface area contributed by atoms with Crippen LogP contribution in [-0.2, 0) is 16.6 Å². The summed E-state index contributed by atoms with van der Waals surface area (Å²) in [5, 5.41) is 3.28. The summed E-state index contributed by atoms with van der Waals surface area (Å²) in [6.07, 6.45) is 1.94. The summed E-state index contributed by atoms with van der Waals surface area (Å²) >= 11 is 0. The van der Waals surface area contributed by atoms with Crippen molar-refractivity contribution in [3.05, 3.63) is 23.8 Å². The summed E-state index contributed by atoms with van der Waals surface area (Å²) in [4.78, 5) is 0.279. The van der Waals surface area contributed by atoms with Gasteiger partial charge in [0.2, 0.25) is 10.0 Å². The lowest BCUT2D eigenvalue weighted by Gasteiger charge is -2.14. The van der Waals surface area contributed by atoms with Gasteiger partial charge in [0.25, 0.3) is 0 Å². The second-order valence-electron chi connectivity index (χ2n) is 4.80. The molecule has 0 aliphatic rings. The van der Waals surface area contributed by atoms with Gasteiger partial charge in [-0.2, -0.15) is 0 Å². The molecule has 0 spiro atoms. The van der Waals surface area contributed by atoms with Crippen molar-refractivity contribution in [2.24, 2.45) is 0 Å². The molecule has 6 heteroatoms. The van der Waals surface area contributed by atoms with Gasteiger partial charge in [-0.25, -0.2) is 13.1 Å². The van der Waals surface area contributed by atoms with Crippen molar-refractivity contribution < 1.29 is 13.2 Å². The highest BCUT2D eigenvalue weighted by atomic mass is 32.2. The minimum Gasteiger partial charge on any atom is -0.493 e. The van der Waals surface area contributed by atoms with Gasteiger partial charge < -0.3 is 10.1 Å². The summed E-state index contributed by atoms with van der Waals surface area (Å²) in [5.41, 5.74) is 0.871. The van der Waals surface area contributed by atoms with Gasteiger partial charge in [0, 0.05) is 18.7 Å². The Morgan fingerprint density at radius 2 is 1.90 bits per heavy atom. The Morgan fingerprint density at radius 1 is 1.14 bits per heavy atom. The van der Waals surface area contributed by atoms with Crippen LogP contribution in [0.2, 0.25) is 0 Å². The van der Waals surface area contributed by atoms with E-state index in [9.17, 15) is 8.42 Å². The molecule has 1 aromatic rings. The molecule has 0 saturated carbocycles. The molecule has 0 fully saturated rings. The summed E-state index contributed by atoms with van der Waals surface area (Å²) in [6, 6.07) is 5.01. The Balaban J connectivity index is 3.01. The Labute approximate surface area is 128 Å². The normalized spacial score (nSPS) is 11.6. The minimum atomic E-state index is -3.43. The van der Waals surface area contributed by atoms with Crippen LogP contribution in [-0.4, -0.2) is 28.1 Å². The third-order valence-corrected chi connectivity index (χ3v) is 4.42. The number of rotatable bonds is 10. The average molecular weight is 314 g/mol. The fourth-order valence-electron chi connectivity index (χ4n) is 1.89. The van der Waals surface area contributed by atoms with E-state index in [1.807, 2.05) is 6.92 Å². The van der Waals surface area contributed by atoms with Gasteiger partial charge in [0.05, 0.1) is 11.5 Å². The molecule has 0 aromatic heterocycles. The standard InChI is InChI=1S/C15H26N2O3S/c1-4-9-16-12-13-11-14(21(18,19)17-6-3)7-8-15(13)20-10-5-2/h7-8,11,16-17H,4-6,9-10,12H2,1-3H3. The molecule has 0 bridgehead atoms. The van der Waals surface area contributed by atoms with Gasteiger partial charge in [-0.3, -0.25) is 0 Å². The van der Waals surface area contributed by atoms with Crippen molar-refractivity contribution in [1.82, 2.24) is 10.0 Å². The monoisotopic (exact) mass is 314 g/mol. The highest BCUT2D eigenvalue weighted by molar-refractivity contribution is 7.89. The smallest absolute Gasteiger partial charge is 0.240 e. The van der Waals surface area contributed by atoms with Crippen molar-refractivity contribution >= 4 is 10.0 Å². The van der Waals surface area contributed by atoms with Crippen LogP contribution in [0.5, 0.6) is 5.75 Å². The molecule has 5 nitrogen and oxygen atoms in total. The fourth-order valence-corrected chi connectivity index (χ4v) is 2.98. The fraction of sp³-hybridized carbons (Fsp3) is 0.600. The topological polar surface area (TPSA) is 67.4 Å². The molecule has 0 aliphatic carbocycles. The minimum absolute atomic E-state index is 0.279. The van der Waals surface area contributed by atoms with Crippen molar-refractivity contribution in [2.75, 3.05) is 19.7 Å². The maximum Gasteiger partial charge on any atom is 0.240 e. The van der Waals surface area contributed by atoms with Crippen LogP contribution >= 0.6 is 0 Å². The molecule has 0 heterocycles. The SMILES string of the molecule is CCCNCc1cc(S(=O)(=O)NCC)ccc1OCCC. The first-order valence-electron chi connectivity index (χ1n) is 7.51. The lowest BCUT2D eigenvalue weighted by molar-refractivity contribution is 0.313. The van der Waals surface area contributed by atoms with E-state index in [0.717, 1.165) is 30.7 Å². The van der Waals surface area contributed by atoms with E-state index in [2.05, 4.69) is 17.0 Å². The van der Waals surface area contributed by atoms with Crippen LogP contribution in [0.15, 0.2) is 23.1 Å². The molecule has 1 aromatic carbocycles. The van der Waals surface area contributed by atoms with Gasteiger partial charge in [0.15, 0.2) is 0 Å². The maximum atomic E-state index is 12.1. The van der Waals surface area contributed by atoms with Crippen LogP contribution in [0.4, 0.5) is 0 Å². The zero-order valence-electron chi connectivity index (χ0n) is 13.1. The van der Waals surface area contributed by atoms with E-state index in [0.29, 0.717) is 19.7 Å². The average Bonchev–Trinajstić information content (AvgIpc) is 2.46. The Morgan fingerprint density at radius 3 is 2.52 bits per heavy atom.